The lowest BCUT2D eigenvalue weighted by Gasteiger charge is -2.19. The molecule has 0 aliphatic heterocycles. The van der Waals surface area contributed by atoms with E-state index in [-0.39, 0.29) is 10.6 Å². The van der Waals surface area contributed by atoms with Crippen LogP contribution in [0.4, 0.5) is 10.5 Å². The maximum Gasteiger partial charge on any atom is 0.412 e. The van der Waals surface area contributed by atoms with Gasteiger partial charge < -0.3 is 19.3 Å². The lowest BCUT2D eigenvalue weighted by atomic mass is 10.1. The number of thiophene rings is 1. The van der Waals surface area contributed by atoms with Crippen molar-refractivity contribution in [2.45, 2.75) is 26.4 Å². The summed E-state index contributed by atoms with van der Waals surface area (Å²) in [4.78, 5) is 24.2. The van der Waals surface area contributed by atoms with E-state index in [9.17, 15) is 14.7 Å². The Morgan fingerprint density at radius 1 is 1.08 bits per heavy atom. The summed E-state index contributed by atoms with van der Waals surface area (Å²) in [5.41, 5.74) is 0.240. The first-order chi connectivity index (χ1) is 12.1. The normalized spacial score (nSPS) is 11.0. The summed E-state index contributed by atoms with van der Waals surface area (Å²) in [6.07, 6.45) is -0.711. The van der Waals surface area contributed by atoms with Gasteiger partial charge in [-0.25, -0.2) is 9.59 Å². The number of nitrogens with one attached hydrogen (secondary N) is 1. The summed E-state index contributed by atoms with van der Waals surface area (Å²) in [5, 5.41) is 11.9. The van der Waals surface area contributed by atoms with Gasteiger partial charge >= 0.3 is 12.1 Å². The molecule has 0 aliphatic rings. The van der Waals surface area contributed by atoms with Crippen LogP contribution in [-0.4, -0.2) is 37.0 Å². The average Bonchev–Trinajstić information content (AvgIpc) is 2.96. The molecule has 0 bridgehead atoms. The van der Waals surface area contributed by atoms with Crippen LogP contribution in [0.3, 0.4) is 0 Å². The summed E-state index contributed by atoms with van der Waals surface area (Å²) in [5.74, 6) is -0.0388. The van der Waals surface area contributed by atoms with Crippen molar-refractivity contribution in [1.82, 2.24) is 0 Å². The van der Waals surface area contributed by atoms with Crippen LogP contribution in [0.1, 0.15) is 30.4 Å². The van der Waals surface area contributed by atoms with Crippen molar-refractivity contribution >= 4 is 29.1 Å². The Morgan fingerprint density at radius 3 is 2.27 bits per heavy atom. The first kappa shape index (κ1) is 19.6. The molecule has 0 spiro atoms. The Bertz CT molecular complexity index is 822. The molecule has 2 N–H and O–H groups in total. The van der Waals surface area contributed by atoms with Crippen molar-refractivity contribution in [3.8, 4) is 21.9 Å². The molecule has 2 aromatic rings. The number of aromatic carboxylic acids is 1. The predicted octanol–water partition coefficient (Wildman–Crippen LogP) is 4.48. The number of carboxylic acids is 1. The Morgan fingerprint density at radius 2 is 1.73 bits per heavy atom. The molecular formula is C18H21NO6S. The second kappa shape index (κ2) is 7.65. The highest BCUT2D eigenvalue weighted by atomic mass is 32.1. The summed E-state index contributed by atoms with van der Waals surface area (Å²) < 4.78 is 15.7. The van der Waals surface area contributed by atoms with Crippen LogP contribution in [0.25, 0.3) is 10.4 Å². The molecule has 0 radical (unpaired) electrons. The fourth-order valence-corrected chi connectivity index (χ4v) is 3.14. The number of amides is 1. The van der Waals surface area contributed by atoms with Gasteiger partial charge in [0.15, 0.2) is 11.5 Å². The Balaban J connectivity index is 2.37. The van der Waals surface area contributed by atoms with E-state index in [0.717, 1.165) is 16.9 Å². The van der Waals surface area contributed by atoms with Crippen molar-refractivity contribution in [1.29, 1.82) is 0 Å². The van der Waals surface area contributed by atoms with Gasteiger partial charge in [-0.05, 0) is 50.6 Å². The minimum Gasteiger partial charge on any atom is -0.493 e. The molecule has 0 fully saturated rings. The highest BCUT2D eigenvalue weighted by molar-refractivity contribution is 7.18. The van der Waals surface area contributed by atoms with E-state index in [1.54, 1.807) is 45.0 Å². The van der Waals surface area contributed by atoms with Crippen molar-refractivity contribution in [2.75, 3.05) is 19.5 Å². The smallest absolute Gasteiger partial charge is 0.412 e. The molecule has 1 aromatic heterocycles. The van der Waals surface area contributed by atoms with E-state index >= 15 is 0 Å². The summed E-state index contributed by atoms with van der Waals surface area (Å²) >= 11 is 1.05. The van der Waals surface area contributed by atoms with Crippen molar-refractivity contribution < 1.29 is 28.9 Å². The third-order valence-corrected chi connectivity index (χ3v) is 4.40. The van der Waals surface area contributed by atoms with Gasteiger partial charge in [0.05, 0.1) is 19.9 Å². The first-order valence-corrected chi connectivity index (χ1v) is 8.55. The number of carbonyl (C=O) groups excluding carboxylic acids is 1. The van der Waals surface area contributed by atoms with Crippen LogP contribution in [0.15, 0.2) is 24.3 Å². The average molecular weight is 379 g/mol. The third kappa shape index (κ3) is 4.66. The molecule has 8 heteroatoms. The predicted molar refractivity (Wildman–Crippen MR) is 99.7 cm³/mol. The van der Waals surface area contributed by atoms with Crippen molar-refractivity contribution in [3.05, 3.63) is 29.1 Å². The lowest BCUT2D eigenvalue weighted by Crippen LogP contribution is -2.27. The molecule has 1 aromatic carbocycles. The van der Waals surface area contributed by atoms with Gasteiger partial charge in [-0.2, -0.15) is 0 Å². The van der Waals surface area contributed by atoms with Crippen LogP contribution < -0.4 is 14.8 Å². The van der Waals surface area contributed by atoms with Gasteiger partial charge in [0.2, 0.25) is 0 Å². The molecule has 26 heavy (non-hydrogen) atoms. The topological polar surface area (TPSA) is 94.1 Å². The number of carbonyl (C=O) groups is 2. The van der Waals surface area contributed by atoms with E-state index in [1.165, 1.54) is 14.2 Å². The SMILES string of the molecule is COc1ccc(-c2cc(NC(=O)OC(C)(C)C)c(C(=O)O)s2)cc1OC. The zero-order chi connectivity index (χ0) is 19.5. The molecule has 0 aliphatic carbocycles. The molecule has 1 amide bonds. The van der Waals surface area contributed by atoms with Crippen LogP contribution in [0, 0.1) is 0 Å². The van der Waals surface area contributed by atoms with Gasteiger partial charge in [-0.1, -0.05) is 0 Å². The van der Waals surface area contributed by atoms with Gasteiger partial charge in [-0.15, -0.1) is 11.3 Å². The zero-order valence-electron chi connectivity index (χ0n) is 15.2. The van der Waals surface area contributed by atoms with E-state index in [1.807, 2.05) is 0 Å². The molecule has 1 heterocycles. The molecular weight excluding hydrogens is 358 g/mol. The summed E-state index contributed by atoms with van der Waals surface area (Å²) in [6.45, 7) is 5.19. The van der Waals surface area contributed by atoms with Crippen LogP contribution in [0.5, 0.6) is 11.5 Å². The Labute approximate surface area is 155 Å². The minimum atomic E-state index is -1.13. The van der Waals surface area contributed by atoms with Gasteiger partial charge in [0, 0.05) is 4.88 Å². The molecule has 0 unspecified atom stereocenters. The van der Waals surface area contributed by atoms with Gasteiger partial charge in [0.25, 0.3) is 0 Å². The molecule has 0 saturated carbocycles. The number of anilines is 1. The van der Waals surface area contributed by atoms with Crippen LogP contribution in [-0.2, 0) is 4.74 Å². The van der Waals surface area contributed by atoms with E-state index in [4.69, 9.17) is 14.2 Å². The van der Waals surface area contributed by atoms with E-state index in [2.05, 4.69) is 5.32 Å². The second-order valence-corrected chi connectivity index (χ2v) is 7.41. The number of methoxy groups -OCH3 is 2. The number of benzene rings is 1. The molecule has 0 atom stereocenters. The van der Waals surface area contributed by atoms with Crippen LogP contribution in [0.2, 0.25) is 0 Å². The van der Waals surface area contributed by atoms with Gasteiger partial charge in [-0.3, -0.25) is 5.32 Å². The fourth-order valence-electron chi connectivity index (χ4n) is 2.19. The maximum atomic E-state index is 12.0. The number of ether oxygens (including phenoxy) is 3. The van der Waals surface area contributed by atoms with Crippen LogP contribution >= 0.6 is 11.3 Å². The number of rotatable bonds is 5. The Hall–Kier alpha value is -2.74. The van der Waals surface area contributed by atoms with Crippen molar-refractivity contribution in [3.63, 3.8) is 0 Å². The number of hydrogen-bond acceptors (Lipinski definition) is 6. The highest BCUT2D eigenvalue weighted by Gasteiger charge is 2.22. The highest BCUT2D eigenvalue weighted by Crippen LogP contribution is 2.38. The quantitative estimate of drug-likeness (QED) is 0.796. The third-order valence-electron chi connectivity index (χ3n) is 3.23. The largest absolute Gasteiger partial charge is 0.493 e. The van der Waals surface area contributed by atoms with E-state index < -0.39 is 17.7 Å². The standard InChI is InChI=1S/C18H21NO6S/c1-18(2,3)25-17(22)19-11-9-14(26-15(11)16(20)21)10-6-7-12(23-4)13(8-10)24-5/h6-9H,1-5H3,(H,19,22)(H,20,21). The second-order valence-electron chi connectivity index (χ2n) is 6.36. The molecule has 140 valence electrons. The summed E-state index contributed by atoms with van der Waals surface area (Å²) in [7, 11) is 3.06. The first-order valence-electron chi connectivity index (χ1n) is 7.74. The molecule has 2 rings (SSSR count). The Kier molecular flexibility index (Phi) is 5.76. The lowest BCUT2D eigenvalue weighted by molar-refractivity contribution is 0.0636. The number of hydrogen-bond donors (Lipinski definition) is 2. The number of carboxylic acid groups (broad SMARTS) is 1. The van der Waals surface area contributed by atoms with Gasteiger partial charge in [0.1, 0.15) is 10.5 Å². The van der Waals surface area contributed by atoms with Crippen molar-refractivity contribution in [2.24, 2.45) is 0 Å². The fraction of sp³-hybridized carbons (Fsp3) is 0.333. The van der Waals surface area contributed by atoms with E-state index in [0.29, 0.717) is 16.4 Å². The molecule has 7 nitrogen and oxygen atoms in total. The maximum absolute atomic E-state index is 12.0. The molecule has 0 saturated heterocycles. The zero-order valence-corrected chi connectivity index (χ0v) is 16.0. The monoisotopic (exact) mass is 379 g/mol. The minimum absolute atomic E-state index is 0.0145. The summed E-state index contributed by atoms with van der Waals surface area (Å²) in [6, 6.07) is 6.86.